The first-order chi connectivity index (χ1) is 10.2. The third kappa shape index (κ3) is 3.16. The van der Waals surface area contributed by atoms with E-state index in [-0.39, 0.29) is 5.78 Å². The second-order valence-electron chi connectivity index (χ2n) is 5.35. The van der Waals surface area contributed by atoms with Crippen LogP contribution in [-0.4, -0.2) is 11.5 Å². The van der Waals surface area contributed by atoms with E-state index in [1.165, 1.54) is 16.7 Å². The van der Waals surface area contributed by atoms with E-state index in [1.807, 2.05) is 36.5 Å². The molecule has 0 N–H and O–H groups in total. The maximum absolute atomic E-state index is 11.1. The summed E-state index contributed by atoms with van der Waals surface area (Å²) in [6.07, 6.45) is 3.31. The van der Waals surface area contributed by atoms with E-state index in [0.29, 0.717) is 6.42 Å². The number of rotatable bonds is 4. The highest BCUT2D eigenvalue weighted by molar-refractivity contribution is 6.09. The lowest BCUT2D eigenvalue weighted by Gasteiger charge is -2.05. The standard InChI is InChI=1S/C19H17NO/c1-14(21)11-15-7-9-16(10-8-15)18-12-19(20-13-18)17-5-3-2-4-6-17/h2-10,13H,11-12H2,1H3. The van der Waals surface area contributed by atoms with Gasteiger partial charge in [0.2, 0.25) is 0 Å². The first kappa shape index (κ1) is 13.5. The quantitative estimate of drug-likeness (QED) is 0.827. The van der Waals surface area contributed by atoms with Crippen molar-refractivity contribution in [3.05, 3.63) is 77.5 Å². The summed E-state index contributed by atoms with van der Waals surface area (Å²) in [5, 5.41) is 0. The molecule has 2 aromatic rings. The van der Waals surface area contributed by atoms with Crippen LogP contribution in [0.2, 0.25) is 0 Å². The Morgan fingerprint density at radius 3 is 2.38 bits per heavy atom. The third-order valence-electron chi connectivity index (χ3n) is 3.62. The molecule has 0 unspecified atom stereocenters. The van der Waals surface area contributed by atoms with Gasteiger partial charge in [-0.25, -0.2) is 0 Å². The molecular weight excluding hydrogens is 258 g/mol. The zero-order valence-corrected chi connectivity index (χ0v) is 12.0. The summed E-state index contributed by atoms with van der Waals surface area (Å²) < 4.78 is 0. The second-order valence-corrected chi connectivity index (χ2v) is 5.35. The van der Waals surface area contributed by atoms with Crippen LogP contribution >= 0.6 is 0 Å². The fraction of sp³-hybridized carbons (Fsp3) is 0.158. The maximum atomic E-state index is 11.1. The average Bonchev–Trinajstić information content (AvgIpc) is 2.98. The molecule has 0 saturated heterocycles. The van der Waals surface area contributed by atoms with Gasteiger partial charge < -0.3 is 0 Å². The Bertz CT molecular complexity index is 709. The zero-order chi connectivity index (χ0) is 14.7. The van der Waals surface area contributed by atoms with Crippen LogP contribution in [0.5, 0.6) is 0 Å². The van der Waals surface area contributed by atoms with Crippen LogP contribution in [-0.2, 0) is 11.2 Å². The van der Waals surface area contributed by atoms with Gasteiger partial charge in [0.15, 0.2) is 0 Å². The Kier molecular flexibility index (Phi) is 3.78. The van der Waals surface area contributed by atoms with E-state index in [9.17, 15) is 4.79 Å². The second kappa shape index (κ2) is 5.88. The molecule has 0 aliphatic carbocycles. The Morgan fingerprint density at radius 1 is 1.00 bits per heavy atom. The fourth-order valence-electron chi connectivity index (χ4n) is 2.54. The van der Waals surface area contributed by atoms with Gasteiger partial charge in [0, 0.05) is 19.0 Å². The predicted octanol–water partition coefficient (Wildman–Crippen LogP) is 4.05. The number of aliphatic imine (C=N–C) groups is 1. The number of benzene rings is 2. The van der Waals surface area contributed by atoms with Crippen LogP contribution in [0.25, 0.3) is 5.57 Å². The largest absolute Gasteiger partial charge is 0.300 e. The summed E-state index contributed by atoms with van der Waals surface area (Å²) in [7, 11) is 0. The molecule has 21 heavy (non-hydrogen) atoms. The molecule has 1 heterocycles. The number of ketones is 1. The molecule has 0 spiro atoms. The predicted molar refractivity (Wildman–Crippen MR) is 86.4 cm³/mol. The Hall–Kier alpha value is -2.48. The van der Waals surface area contributed by atoms with E-state index in [4.69, 9.17) is 0 Å². The van der Waals surface area contributed by atoms with Crippen molar-refractivity contribution in [2.75, 3.05) is 0 Å². The first-order valence-electron chi connectivity index (χ1n) is 7.12. The fourth-order valence-corrected chi connectivity index (χ4v) is 2.54. The summed E-state index contributed by atoms with van der Waals surface area (Å²) >= 11 is 0. The van der Waals surface area contributed by atoms with Crippen LogP contribution < -0.4 is 0 Å². The summed E-state index contributed by atoms with van der Waals surface area (Å²) in [5.74, 6) is 0.192. The van der Waals surface area contributed by atoms with Crippen LogP contribution in [0.15, 0.2) is 65.8 Å². The van der Waals surface area contributed by atoms with Crippen LogP contribution in [0, 0.1) is 0 Å². The number of Topliss-reactive ketones (excluding diaryl/α,β-unsaturated/α-hetero) is 1. The van der Waals surface area contributed by atoms with E-state index in [2.05, 4.69) is 29.3 Å². The molecule has 0 aromatic heterocycles. The molecule has 1 aliphatic rings. The van der Waals surface area contributed by atoms with Crippen molar-refractivity contribution in [3.8, 4) is 0 Å². The maximum Gasteiger partial charge on any atom is 0.134 e. The normalized spacial score (nSPS) is 13.8. The SMILES string of the molecule is CC(=O)Cc1ccc(C2=CN=C(c3ccccc3)C2)cc1. The molecule has 0 fully saturated rings. The topological polar surface area (TPSA) is 29.4 Å². The Labute approximate surface area is 124 Å². The average molecular weight is 275 g/mol. The van der Waals surface area contributed by atoms with Gasteiger partial charge in [-0.3, -0.25) is 9.79 Å². The molecule has 0 bridgehead atoms. The van der Waals surface area contributed by atoms with Gasteiger partial charge >= 0.3 is 0 Å². The van der Waals surface area contributed by atoms with Gasteiger partial charge in [0.1, 0.15) is 5.78 Å². The number of allylic oxidation sites excluding steroid dienone is 1. The highest BCUT2D eigenvalue weighted by Crippen LogP contribution is 2.26. The molecule has 0 radical (unpaired) electrons. The molecule has 2 nitrogen and oxygen atoms in total. The molecule has 0 atom stereocenters. The van der Waals surface area contributed by atoms with Gasteiger partial charge in [0.25, 0.3) is 0 Å². The molecule has 104 valence electrons. The van der Waals surface area contributed by atoms with Crippen molar-refractivity contribution >= 4 is 17.1 Å². The summed E-state index contributed by atoms with van der Waals surface area (Å²) in [5.41, 5.74) is 5.75. The minimum atomic E-state index is 0.192. The summed E-state index contributed by atoms with van der Waals surface area (Å²) in [4.78, 5) is 15.7. The lowest BCUT2D eigenvalue weighted by atomic mass is 9.98. The number of carbonyl (C=O) groups excluding carboxylic acids is 1. The number of hydrogen-bond donors (Lipinski definition) is 0. The number of hydrogen-bond acceptors (Lipinski definition) is 2. The van der Waals surface area contributed by atoms with Crippen LogP contribution in [0.4, 0.5) is 0 Å². The number of nitrogens with zero attached hydrogens (tertiary/aromatic N) is 1. The van der Waals surface area contributed by atoms with Gasteiger partial charge in [-0.05, 0) is 29.2 Å². The minimum Gasteiger partial charge on any atom is -0.300 e. The molecule has 2 aromatic carbocycles. The number of carbonyl (C=O) groups is 1. The van der Waals surface area contributed by atoms with Crippen molar-refractivity contribution < 1.29 is 4.79 Å². The first-order valence-corrected chi connectivity index (χ1v) is 7.12. The summed E-state index contributed by atoms with van der Waals surface area (Å²) in [6.45, 7) is 1.62. The lowest BCUT2D eigenvalue weighted by Crippen LogP contribution is -1.98. The highest BCUT2D eigenvalue weighted by atomic mass is 16.1. The van der Waals surface area contributed by atoms with Crippen molar-refractivity contribution in [2.24, 2.45) is 4.99 Å². The van der Waals surface area contributed by atoms with E-state index >= 15 is 0 Å². The monoisotopic (exact) mass is 275 g/mol. The molecule has 1 aliphatic heterocycles. The molecular formula is C19H17NO. The van der Waals surface area contributed by atoms with Crippen molar-refractivity contribution in [1.29, 1.82) is 0 Å². The van der Waals surface area contributed by atoms with Crippen molar-refractivity contribution in [3.63, 3.8) is 0 Å². The summed E-state index contributed by atoms with van der Waals surface area (Å²) in [6, 6.07) is 18.5. The third-order valence-corrected chi connectivity index (χ3v) is 3.62. The molecule has 0 amide bonds. The van der Waals surface area contributed by atoms with Crippen molar-refractivity contribution in [2.45, 2.75) is 19.8 Å². The minimum absolute atomic E-state index is 0.192. The van der Waals surface area contributed by atoms with Gasteiger partial charge in [-0.2, -0.15) is 0 Å². The van der Waals surface area contributed by atoms with E-state index < -0.39 is 0 Å². The van der Waals surface area contributed by atoms with Crippen LogP contribution in [0.1, 0.15) is 30.0 Å². The van der Waals surface area contributed by atoms with Gasteiger partial charge in [-0.1, -0.05) is 54.6 Å². The van der Waals surface area contributed by atoms with Crippen molar-refractivity contribution in [1.82, 2.24) is 0 Å². The Balaban J connectivity index is 1.71. The smallest absolute Gasteiger partial charge is 0.134 e. The van der Waals surface area contributed by atoms with E-state index in [0.717, 1.165) is 17.7 Å². The molecule has 0 saturated carbocycles. The molecule has 3 rings (SSSR count). The molecule has 2 heteroatoms. The zero-order valence-electron chi connectivity index (χ0n) is 12.0. The van der Waals surface area contributed by atoms with Gasteiger partial charge in [-0.15, -0.1) is 0 Å². The highest BCUT2D eigenvalue weighted by Gasteiger charge is 2.13. The van der Waals surface area contributed by atoms with Gasteiger partial charge in [0.05, 0.1) is 5.71 Å². The van der Waals surface area contributed by atoms with Crippen LogP contribution in [0.3, 0.4) is 0 Å². The Morgan fingerprint density at radius 2 is 1.71 bits per heavy atom. The van der Waals surface area contributed by atoms with E-state index in [1.54, 1.807) is 6.92 Å². The lowest BCUT2D eigenvalue weighted by molar-refractivity contribution is -0.116.